The van der Waals surface area contributed by atoms with Gasteiger partial charge in [0.05, 0.1) is 5.56 Å². The van der Waals surface area contributed by atoms with Crippen molar-refractivity contribution in [3.8, 4) is 0 Å². The van der Waals surface area contributed by atoms with E-state index in [-0.39, 0.29) is 24.6 Å². The first-order chi connectivity index (χ1) is 8.45. The van der Waals surface area contributed by atoms with Gasteiger partial charge in [-0.05, 0) is 12.1 Å². The Bertz CT molecular complexity index is 419. The summed E-state index contributed by atoms with van der Waals surface area (Å²) in [6.07, 6.45) is -4.05. The molecule has 0 unspecified atom stereocenters. The normalized spacial score (nSPS) is 12.6. The summed E-state index contributed by atoms with van der Waals surface area (Å²) in [5.41, 5.74) is 4.82. The minimum atomic E-state index is -4.42. The third kappa shape index (κ3) is 4.25. The van der Waals surface area contributed by atoms with E-state index in [2.05, 4.69) is 5.16 Å². The van der Waals surface area contributed by atoms with Crippen molar-refractivity contribution in [3.63, 3.8) is 0 Å². The number of oxime groups is 1. The predicted octanol–water partition coefficient (Wildman–Crippen LogP) is 1.72. The average molecular weight is 262 g/mol. The van der Waals surface area contributed by atoms with Crippen LogP contribution in [-0.4, -0.2) is 24.2 Å². The lowest BCUT2D eigenvalue weighted by Crippen LogP contribution is -2.15. The van der Waals surface area contributed by atoms with E-state index in [0.717, 1.165) is 12.1 Å². The van der Waals surface area contributed by atoms with E-state index in [4.69, 9.17) is 15.7 Å². The van der Waals surface area contributed by atoms with Crippen molar-refractivity contribution >= 4 is 5.84 Å². The number of aliphatic hydroxyl groups is 1. The van der Waals surface area contributed by atoms with Gasteiger partial charge in [0, 0.05) is 18.6 Å². The smallest absolute Gasteiger partial charge is 0.396 e. The average Bonchev–Trinajstić information content (AvgIpc) is 2.33. The van der Waals surface area contributed by atoms with Crippen LogP contribution in [0.25, 0.3) is 0 Å². The molecule has 0 atom stereocenters. The van der Waals surface area contributed by atoms with Crippen molar-refractivity contribution in [1.82, 2.24) is 0 Å². The highest BCUT2D eigenvalue weighted by Gasteiger charge is 2.30. The first kappa shape index (κ1) is 14.3. The van der Waals surface area contributed by atoms with Crippen LogP contribution in [0.15, 0.2) is 29.4 Å². The fourth-order valence-corrected chi connectivity index (χ4v) is 1.15. The number of hydrogen-bond donors (Lipinski definition) is 2. The van der Waals surface area contributed by atoms with Crippen LogP contribution in [0.1, 0.15) is 17.5 Å². The number of alkyl halides is 3. The Balaban J connectivity index is 2.77. The zero-order valence-electron chi connectivity index (χ0n) is 9.44. The molecule has 0 fully saturated rings. The number of amidine groups is 1. The van der Waals surface area contributed by atoms with Gasteiger partial charge in [-0.25, -0.2) is 0 Å². The maximum Gasteiger partial charge on any atom is 0.416 e. The van der Waals surface area contributed by atoms with E-state index in [0.29, 0.717) is 6.42 Å². The summed E-state index contributed by atoms with van der Waals surface area (Å²) in [7, 11) is 0. The Kier molecular flexibility index (Phi) is 4.96. The number of hydrogen-bond acceptors (Lipinski definition) is 3. The van der Waals surface area contributed by atoms with Gasteiger partial charge < -0.3 is 15.7 Å². The first-order valence-electron chi connectivity index (χ1n) is 5.19. The molecule has 0 saturated heterocycles. The van der Waals surface area contributed by atoms with Gasteiger partial charge in [0.1, 0.15) is 6.61 Å². The van der Waals surface area contributed by atoms with Crippen molar-refractivity contribution in [3.05, 3.63) is 35.4 Å². The molecule has 18 heavy (non-hydrogen) atoms. The Morgan fingerprint density at radius 1 is 1.39 bits per heavy atom. The molecule has 3 N–H and O–H groups in total. The summed E-state index contributed by atoms with van der Waals surface area (Å²) in [5.74, 6) is -0.140. The molecule has 0 radical (unpaired) electrons. The van der Waals surface area contributed by atoms with Gasteiger partial charge >= 0.3 is 6.18 Å². The molecule has 0 aromatic heterocycles. The summed E-state index contributed by atoms with van der Waals surface area (Å²) < 4.78 is 37.3. The first-order valence-corrected chi connectivity index (χ1v) is 5.19. The highest BCUT2D eigenvalue weighted by atomic mass is 19.4. The maximum absolute atomic E-state index is 12.4. The molecule has 0 aliphatic rings. The van der Waals surface area contributed by atoms with Gasteiger partial charge in [0.25, 0.3) is 0 Å². The Labute approximate surface area is 102 Å². The van der Waals surface area contributed by atoms with E-state index >= 15 is 0 Å². The Hall–Kier alpha value is -1.76. The quantitative estimate of drug-likeness (QED) is 0.367. The number of benzene rings is 1. The van der Waals surface area contributed by atoms with Crippen molar-refractivity contribution in [2.45, 2.75) is 12.6 Å². The predicted molar refractivity (Wildman–Crippen MR) is 59.8 cm³/mol. The Morgan fingerprint density at radius 2 is 2.11 bits per heavy atom. The van der Waals surface area contributed by atoms with Crippen LogP contribution < -0.4 is 5.73 Å². The molecule has 1 rings (SSSR count). The van der Waals surface area contributed by atoms with Crippen molar-refractivity contribution < 1.29 is 23.1 Å². The van der Waals surface area contributed by atoms with Crippen LogP contribution in [0.4, 0.5) is 13.2 Å². The van der Waals surface area contributed by atoms with E-state index in [1.165, 1.54) is 12.1 Å². The van der Waals surface area contributed by atoms with Crippen LogP contribution >= 0.6 is 0 Å². The lowest BCUT2D eigenvalue weighted by atomic mass is 10.1. The molecule has 1 aromatic carbocycles. The van der Waals surface area contributed by atoms with Crippen LogP contribution in [0.3, 0.4) is 0 Å². The van der Waals surface area contributed by atoms with Crippen LogP contribution in [0.2, 0.25) is 0 Å². The molecule has 0 heterocycles. The van der Waals surface area contributed by atoms with Gasteiger partial charge in [0.15, 0.2) is 5.84 Å². The van der Waals surface area contributed by atoms with Gasteiger partial charge in [-0.2, -0.15) is 13.2 Å². The number of nitrogens with two attached hydrogens (primary N) is 1. The zero-order chi connectivity index (χ0) is 13.6. The molecule has 0 saturated carbocycles. The second-order valence-corrected chi connectivity index (χ2v) is 3.47. The maximum atomic E-state index is 12.4. The topological polar surface area (TPSA) is 67.8 Å². The number of halogens is 3. The fourth-order valence-electron chi connectivity index (χ4n) is 1.15. The van der Waals surface area contributed by atoms with E-state index in [1.807, 2.05) is 0 Å². The largest absolute Gasteiger partial charge is 0.416 e. The third-order valence-electron chi connectivity index (χ3n) is 2.04. The van der Waals surface area contributed by atoms with E-state index in [9.17, 15) is 13.2 Å². The van der Waals surface area contributed by atoms with Gasteiger partial charge in [0.2, 0.25) is 0 Å². The van der Waals surface area contributed by atoms with Crippen molar-refractivity contribution in [2.24, 2.45) is 10.9 Å². The van der Waals surface area contributed by atoms with Crippen LogP contribution in [0.5, 0.6) is 0 Å². The summed E-state index contributed by atoms with van der Waals surface area (Å²) >= 11 is 0. The summed E-state index contributed by atoms with van der Waals surface area (Å²) in [6, 6.07) is 4.50. The molecule has 1 aromatic rings. The van der Waals surface area contributed by atoms with Gasteiger partial charge in [-0.1, -0.05) is 17.3 Å². The summed E-state index contributed by atoms with van der Waals surface area (Å²) in [6.45, 7) is 0.0924. The summed E-state index contributed by atoms with van der Waals surface area (Å²) in [5, 5.41) is 12.0. The molecular formula is C11H13F3N2O2. The lowest BCUT2D eigenvalue weighted by Gasteiger charge is -2.08. The zero-order valence-corrected chi connectivity index (χ0v) is 9.44. The molecule has 0 amide bonds. The Morgan fingerprint density at radius 3 is 2.72 bits per heavy atom. The minimum Gasteiger partial charge on any atom is -0.396 e. The molecular weight excluding hydrogens is 249 g/mol. The van der Waals surface area contributed by atoms with Gasteiger partial charge in [-0.15, -0.1) is 0 Å². The number of aliphatic hydroxyl groups excluding tert-OH is 1. The number of nitrogens with zero attached hydrogens (tertiary/aromatic N) is 1. The number of rotatable bonds is 5. The van der Waals surface area contributed by atoms with Crippen molar-refractivity contribution in [2.75, 3.05) is 13.2 Å². The van der Waals surface area contributed by atoms with E-state index < -0.39 is 11.7 Å². The molecule has 100 valence electrons. The van der Waals surface area contributed by atoms with Crippen molar-refractivity contribution in [1.29, 1.82) is 0 Å². The molecule has 0 spiro atoms. The van der Waals surface area contributed by atoms with E-state index in [1.54, 1.807) is 0 Å². The second kappa shape index (κ2) is 6.25. The SMILES string of the molecule is N/C(=N/OCCCO)c1cccc(C(F)(F)F)c1. The van der Waals surface area contributed by atoms with Gasteiger partial charge in [-0.3, -0.25) is 0 Å². The molecule has 0 aliphatic carbocycles. The molecule has 7 heteroatoms. The highest BCUT2D eigenvalue weighted by Crippen LogP contribution is 2.29. The third-order valence-corrected chi connectivity index (χ3v) is 2.04. The second-order valence-electron chi connectivity index (χ2n) is 3.47. The molecule has 0 aliphatic heterocycles. The molecule has 0 bridgehead atoms. The standard InChI is InChI=1S/C11H13F3N2O2/c12-11(13,14)9-4-1-3-8(7-9)10(15)16-18-6-2-5-17/h1,3-4,7,17H,2,5-6H2,(H2,15,16). The lowest BCUT2D eigenvalue weighted by molar-refractivity contribution is -0.137. The molecule has 4 nitrogen and oxygen atoms in total. The fraction of sp³-hybridized carbons (Fsp3) is 0.364. The monoisotopic (exact) mass is 262 g/mol. The highest BCUT2D eigenvalue weighted by molar-refractivity contribution is 5.97. The van der Waals surface area contributed by atoms with Crippen LogP contribution in [0, 0.1) is 0 Å². The minimum absolute atomic E-state index is 0.0566. The van der Waals surface area contributed by atoms with Crippen LogP contribution in [-0.2, 0) is 11.0 Å². The summed E-state index contributed by atoms with van der Waals surface area (Å²) in [4.78, 5) is 4.74.